The molecule has 2 amide bonds. The molecular weight excluding hydrogens is 352 g/mol. The van der Waals surface area contributed by atoms with E-state index in [0.717, 1.165) is 19.3 Å². The highest BCUT2D eigenvalue weighted by Crippen LogP contribution is 2.29. The maximum Gasteiger partial charge on any atom is 0.255 e. The first-order chi connectivity index (χ1) is 13.7. The number of nitrogens with one attached hydrogen (secondary N) is 2. The zero-order chi connectivity index (χ0) is 19.8. The molecule has 148 valence electrons. The molecule has 2 N–H and O–H groups in total. The quantitative estimate of drug-likeness (QED) is 0.685. The average molecular weight is 380 g/mol. The summed E-state index contributed by atoms with van der Waals surface area (Å²) in [6, 6.07) is 15.6. The van der Waals surface area contributed by atoms with Crippen LogP contribution in [0.1, 0.15) is 60.1 Å². The van der Waals surface area contributed by atoms with Crippen molar-refractivity contribution < 1.29 is 14.3 Å². The second-order valence-electron chi connectivity index (χ2n) is 7.00. The maximum atomic E-state index is 12.3. The molecule has 5 nitrogen and oxygen atoms in total. The number of amides is 2. The zero-order valence-electron chi connectivity index (χ0n) is 16.4. The van der Waals surface area contributed by atoms with Gasteiger partial charge in [-0.1, -0.05) is 36.4 Å². The van der Waals surface area contributed by atoms with Gasteiger partial charge in [-0.25, -0.2) is 0 Å². The number of fused-ring (bicyclic) bond motifs is 1. The van der Waals surface area contributed by atoms with Crippen LogP contribution >= 0.6 is 0 Å². The number of benzene rings is 2. The van der Waals surface area contributed by atoms with Gasteiger partial charge >= 0.3 is 0 Å². The van der Waals surface area contributed by atoms with Gasteiger partial charge < -0.3 is 15.4 Å². The number of aryl methyl sites for hydroxylation is 1. The molecule has 2 aromatic rings. The summed E-state index contributed by atoms with van der Waals surface area (Å²) in [4.78, 5) is 24.7. The maximum absolute atomic E-state index is 12.3. The number of para-hydroxylation sites is 1. The summed E-state index contributed by atoms with van der Waals surface area (Å²) in [6.07, 6.45) is 4.15. The molecule has 1 aliphatic rings. The molecule has 0 bridgehead atoms. The lowest BCUT2D eigenvalue weighted by molar-refractivity contribution is -0.122. The Morgan fingerprint density at radius 3 is 2.75 bits per heavy atom. The van der Waals surface area contributed by atoms with Crippen molar-refractivity contribution in [3.05, 3.63) is 65.2 Å². The van der Waals surface area contributed by atoms with Crippen molar-refractivity contribution in [2.24, 2.45) is 0 Å². The lowest BCUT2D eigenvalue weighted by atomic mass is 9.87. The van der Waals surface area contributed by atoms with E-state index >= 15 is 0 Å². The van der Waals surface area contributed by atoms with Crippen LogP contribution in [-0.2, 0) is 11.2 Å². The number of ether oxygens (including phenoxy) is 1. The Bertz CT molecular complexity index is 819. The molecule has 1 atom stereocenters. The summed E-state index contributed by atoms with van der Waals surface area (Å²) in [5.41, 5.74) is 3.09. The summed E-state index contributed by atoms with van der Waals surface area (Å²) in [7, 11) is 0. The molecule has 0 saturated carbocycles. The number of carbonyl (C=O) groups is 2. The average Bonchev–Trinajstić information content (AvgIpc) is 2.72. The number of carbonyl (C=O) groups excluding carboxylic acids is 2. The summed E-state index contributed by atoms with van der Waals surface area (Å²) < 4.78 is 5.49. The fourth-order valence-electron chi connectivity index (χ4n) is 3.65. The minimum absolute atomic E-state index is 0.0330. The fourth-order valence-corrected chi connectivity index (χ4v) is 3.65. The van der Waals surface area contributed by atoms with Crippen LogP contribution in [0.25, 0.3) is 0 Å². The highest BCUT2D eigenvalue weighted by Gasteiger charge is 2.21. The van der Waals surface area contributed by atoms with Crippen molar-refractivity contribution in [3.63, 3.8) is 0 Å². The smallest absolute Gasteiger partial charge is 0.255 e. The van der Waals surface area contributed by atoms with Crippen LogP contribution in [0.5, 0.6) is 5.75 Å². The summed E-state index contributed by atoms with van der Waals surface area (Å²) in [5, 5.41) is 6.02. The summed E-state index contributed by atoms with van der Waals surface area (Å²) >= 11 is 0. The van der Waals surface area contributed by atoms with Gasteiger partial charge in [0.25, 0.3) is 5.91 Å². The minimum Gasteiger partial charge on any atom is -0.493 e. The van der Waals surface area contributed by atoms with Crippen LogP contribution in [0.2, 0.25) is 0 Å². The molecule has 0 spiro atoms. The van der Waals surface area contributed by atoms with E-state index in [2.05, 4.69) is 28.8 Å². The van der Waals surface area contributed by atoms with Crippen LogP contribution in [-0.4, -0.2) is 25.0 Å². The predicted molar refractivity (Wildman–Crippen MR) is 109 cm³/mol. The monoisotopic (exact) mass is 380 g/mol. The van der Waals surface area contributed by atoms with Gasteiger partial charge in [0.05, 0.1) is 18.2 Å². The molecule has 1 aliphatic carbocycles. The second-order valence-corrected chi connectivity index (χ2v) is 7.00. The van der Waals surface area contributed by atoms with E-state index in [-0.39, 0.29) is 17.9 Å². The third-order valence-electron chi connectivity index (χ3n) is 5.00. The second kappa shape index (κ2) is 9.93. The predicted octanol–water partition coefficient (Wildman–Crippen LogP) is 3.79. The number of hydrogen-bond acceptors (Lipinski definition) is 3. The summed E-state index contributed by atoms with van der Waals surface area (Å²) in [6.45, 7) is 2.85. The van der Waals surface area contributed by atoms with Gasteiger partial charge in [0.2, 0.25) is 5.91 Å². The van der Waals surface area contributed by atoms with E-state index in [9.17, 15) is 9.59 Å². The molecule has 0 unspecified atom stereocenters. The standard InChI is InChI=1S/C23H28N2O3/c1-2-28-21-14-6-5-12-19(21)23(27)24-16-8-15-22(26)25-20-13-7-10-17-9-3-4-11-18(17)20/h3-6,9,11-12,14,20H,2,7-8,10,13,15-16H2,1H3,(H,24,27)(H,25,26)/t20-/m1/s1. The fraction of sp³-hybridized carbons (Fsp3) is 0.391. The van der Waals surface area contributed by atoms with Gasteiger partial charge in [-0.15, -0.1) is 0 Å². The van der Waals surface area contributed by atoms with E-state index in [1.54, 1.807) is 12.1 Å². The first kappa shape index (κ1) is 19.9. The van der Waals surface area contributed by atoms with Crippen molar-refractivity contribution in [1.29, 1.82) is 0 Å². The van der Waals surface area contributed by atoms with Gasteiger partial charge in [-0.2, -0.15) is 0 Å². The van der Waals surface area contributed by atoms with Crippen molar-refractivity contribution in [2.75, 3.05) is 13.2 Å². The highest BCUT2D eigenvalue weighted by molar-refractivity contribution is 5.96. The van der Waals surface area contributed by atoms with Crippen molar-refractivity contribution >= 4 is 11.8 Å². The topological polar surface area (TPSA) is 67.4 Å². The zero-order valence-corrected chi connectivity index (χ0v) is 16.4. The van der Waals surface area contributed by atoms with Gasteiger partial charge in [-0.05, 0) is 55.9 Å². The Labute approximate surface area is 166 Å². The van der Waals surface area contributed by atoms with Gasteiger partial charge in [0.1, 0.15) is 5.75 Å². The van der Waals surface area contributed by atoms with E-state index in [0.29, 0.717) is 37.3 Å². The van der Waals surface area contributed by atoms with E-state index in [1.165, 1.54) is 11.1 Å². The molecule has 28 heavy (non-hydrogen) atoms. The molecular formula is C23H28N2O3. The Kier molecular flexibility index (Phi) is 7.06. The van der Waals surface area contributed by atoms with Gasteiger partial charge in [-0.3, -0.25) is 9.59 Å². The van der Waals surface area contributed by atoms with Gasteiger partial charge in [0.15, 0.2) is 0 Å². The molecule has 0 radical (unpaired) electrons. The Morgan fingerprint density at radius 1 is 1.11 bits per heavy atom. The SMILES string of the molecule is CCOc1ccccc1C(=O)NCCCC(=O)N[C@@H]1CCCc2ccccc21. The largest absolute Gasteiger partial charge is 0.493 e. The Balaban J connectivity index is 1.43. The van der Waals surface area contributed by atoms with Crippen molar-refractivity contribution in [1.82, 2.24) is 10.6 Å². The first-order valence-corrected chi connectivity index (χ1v) is 10.1. The van der Waals surface area contributed by atoms with E-state index in [4.69, 9.17) is 4.74 Å². The third-order valence-corrected chi connectivity index (χ3v) is 5.00. The van der Waals surface area contributed by atoms with Crippen LogP contribution in [0.3, 0.4) is 0 Å². The minimum atomic E-state index is -0.175. The van der Waals surface area contributed by atoms with Gasteiger partial charge in [0, 0.05) is 13.0 Å². The van der Waals surface area contributed by atoms with Crippen molar-refractivity contribution in [2.45, 2.75) is 45.1 Å². The highest BCUT2D eigenvalue weighted by atomic mass is 16.5. The molecule has 0 aromatic heterocycles. The lowest BCUT2D eigenvalue weighted by Gasteiger charge is -2.26. The summed E-state index contributed by atoms with van der Waals surface area (Å²) in [5.74, 6) is 0.438. The molecule has 0 aliphatic heterocycles. The van der Waals surface area contributed by atoms with E-state index < -0.39 is 0 Å². The lowest BCUT2D eigenvalue weighted by Crippen LogP contribution is -2.32. The normalized spacial score (nSPS) is 15.4. The van der Waals surface area contributed by atoms with E-state index in [1.807, 2.05) is 25.1 Å². The number of rotatable bonds is 8. The van der Waals surface area contributed by atoms with Crippen LogP contribution in [0, 0.1) is 0 Å². The number of hydrogen-bond donors (Lipinski definition) is 2. The van der Waals surface area contributed by atoms with Crippen molar-refractivity contribution in [3.8, 4) is 5.75 Å². The first-order valence-electron chi connectivity index (χ1n) is 10.1. The molecule has 5 heteroatoms. The van der Waals surface area contributed by atoms with Crippen LogP contribution in [0.4, 0.5) is 0 Å². The Hall–Kier alpha value is -2.82. The molecule has 2 aromatic carbocycles. The van der Waals surface area contributed by atoms with Crippen LogP contribution < -0.4 is 15.4 Å². The molecule has 3 rings (SSSR count). The van der Waals surface area contributed by atoms with Crippen LogP contribution in [0.15, 0.2) is 48.5 Å². The Morgan fingerprint density at radius 2 is 1.89 bits per heavy atom. The molecule has 0 heterocycles. The molecule has 0 saturated heterocycles. The molecule has 0 fully saturated rings. The third kappa shape index (κ3) is 5.12.